The first-order chi connectivity index (χ1) is 8.45. The smallest absolute Gasteiger partial charge is 0.311 e. The Morgan fingerprint density at radius 3 is 2.33 bits per heavy atom. The molecule has 0 bridgehead atoms. The van der Waals surface area contributed by atoms with Crippen LogP contribution in [0.4, 0.5) is 0 Å². The van der Waals surface area contributed by atoms with Crippen LogP contribution in [-0.2, 0) is 9.59 Å². The molecular weight excluding hydrogens is 232 g/mol. The predicted octanol–water partition coefficient (Wildman–Crippen LogP) is 0.651. The van der Waals surface area contributed by atoms with Gasteiger partial charge in [0.05, 0.1) is 12.0 Å². The van der Waals surface area contributed by atoms with Gasteiger partial charge in [-0.05, 0) is 25.3 Å². The summed E-state index contributed by atoms with van der Waals surface area (Å²) in [5, 5.41) is 9.43. The number of rotatable bonds is 4. The molecule has 2 heterocycles. The second-order valence-electron chi connectivity index (χ2n) is 5.81. The van der Waals surface area contributed by atoms with Crippen LogP contribution < -0.4 is 0 Å². The average molecular weight is 254 g/mol. The molecule has 5 nitrogen and oxygen atoms in total. The van der Waals surface area contributed by atoms with Gasteiger partial charge in [0, 0.05) is 19.6 Å². The summed E-state index contributed by atoms with van der Waals surface area (Å²) in [5.41, 5.74) is -0.671. The van der Waals surface area contributed by atoms with Crippen LogP contribution in [0.2, 0.25) is 0 Å². The minimum absolute atomic E-state index is 0.0964. The molecule has 1 N–H and O–H groups in total. The molecule has 102 valence electrons. The van der Waals surface area contributed by atoms with Gasteiger partial charge < -0.3 is 10.0 Å². The van der Waals surface area contributed by atoms with E-state index in [0.717, 1.165) is 19.5 Å². The molecule has 2 aliphatic heterocycles. The van der Waals surface area contributed by atoms with Gasteiger partial charge in [-0.2, -0.15) is 0 Å². The third-order valence-corrected chi connectivity index (χ3v) is 4.48. The average Bonchev–Trinajstić information content (AvgIpc) is 2.59. The summed E-state index contributed by atoms with van der Waals surface area (Å²) in [5.74, 6) is -0.485. The number of aliphatic carboxylic acids is 1. The van der Waals surface area contributed by atoms with Crippen LogP contribution in [0.25, 0.3) is 0 Å². The van der Waals surface area contributed by atoms with Crippen molar-refractivity contribution in [3.05, 3.63) is 0 Å². The lowest BCUT2D eigenvalue weighted by Gasteiger charge is -2.33. The minimum atomic E-state index is -0.726. The first-order valence-electron chi connectivity index (χ1n) is 6.69. The summed E-state index contributed by atoms with van der Waals surface area (Å²) in [6.07, 6.45) is 1.74. The van der Waals surface area contributed by atoms with E-state index in [9.17, 15) is 14.7 Å². The second-order valence-corrected chi connectivity index (χ2v) is 5.81. The summed E-state index contributed by atoms with van der Waals surface area (Å²) < 4.78 is 0. The Kier molecular flexibility index (Phi) is 3.61. The summed E-state index contributed by atoms with van der Waals surface area (Å²) in [6.45, 7) is 7.22. The molecule has 0 aromatic rings. The molecule has 2 aliphatic rings. The van der Waals surface area contributed by atoms with Crippen LogP contribution in [0.1, 0.15) is 26.7 Å². The van der Waals surface area contributed by atoms with Crippen molar-refractivity contribution in [2.24, 2.45) is 11.3 Å². The van der Waals surface area contributed by atoms with Crippen LogP contribution in [0.15, 0.2) is 0 Å². The van der Waals surface area contributed by atoms with E-state index in [1.54, 1.807) is 0 Å². The minimum Gasteiger partial charge on any atom is -0.481 e. The van der Waals surface area contributed by atoms with Gasteiger partial charge >= 0.3 is 5.97 Å². The van der Waals surface area contributed by atoms with Gasteiger partial charge in [0.2, 0.25) is 5.91 Å². The Morgan fingerprint density at radius 1 is 1.28 bits per heavy atom. The first-order valence-corrected chi connectivity index (χ1v) is 6.69. The molecule has 2 saturated heterocycles. The number of nitrogens with zero attached hydrogens (tertiary/aromatic N) is 2. The van der Waals surface area contributed by atoms with Crippen molar-refractivity contribution >= 4 is 11.9 Å². The summed E-state index contributed by atoms with van der Waals surface area (Å²) >= 11 is 0. The fraction of sp³-hybridized carbons (Fsp3) is 0.846. The van der Waals surface area contributed by atoms with E-state index in [-0.39, 0.29) is 11.8 Å². The highest BCUT2D eigenvalue weighted by Crippen LogP contribution is 2.38. The second kappa shape index (κ2) is 4.88. The quantitative estimate of drug-likeness (QED) is 0.800. The van der Waals surface area contributed by atoms with Gasteiger partial charge in [-0.25, -0.2) is 0 Å². The standard InChI is InChI=1S/C13H22N2O3/c1-10(2)13(12(17)18)4-7-14(9-13)8-11(16)15-5-3-6-15/h10H,3-9H2,1-2H3,(H,17,18). The normalized spacial score (nSPS) is 28.5. The molecule has 1 unspecified atom stereocenters. The number of likely N-dealkylation sites (tertiary alicyclic amines) is 2. The van der Waals surface area contributed by atoms with Gasteiger partial charge in [-0.15, -0.1) is 0 Å². The molecule has 2 fully saturated rings. The Bertz CT molecular complexity index is 352. The first kappa shape index (κ1) is 13.3. The molecule has 0 aromatic carbocycles. The fourth-order valence-corrected chi connectivity index (χ4v) is 2.80. The maximum Gasteiger partial charge on any atom is 0.311 e. The largest absolute Gasteiger partial charge is 0.481 e. The van der Waals surface area contributed by atoms with E-state index in [4.69, 9.17) is 0 Å². The SMILES string of the molecule is CC(C)C1(C(=O)O)CCN(CC(=O)N2CCC2)C1. The van der Waals surface area contributed by atoms with E-state index in [1.165, 1.54) is 0 Å². The maximum atomic E-state index is 11.9. The van der Waals surface area contributed by atoms with Crippen molar-refractivity contribution < 1.29 is 14.7 Å². The summed E-state index contributed by atoms with van der Waals surface area (Å²) in [4.78, 5) is 27.2. The van der Waals surface area contributed by atoms with Crippen LogP contribution in [-0.4, -0.2) is 59.5 Å². The van der Waals surface area contributed by atoms with Crippen molar-refractivity contribution in [1.29, 1.82) is 0 Å². The van der Waals surface area contributed by atoms with Crippen LogP contribution in [0, 0.1) is 11.3 Å². The summed E-state index contributed by atoms with van der Waals surface area (Å²) in [6, 6.07) is 0. The molecule has 1 atom stereocenters. The number of hydrogen-bond donors (Lipinski definition) is 1. The molecule has 0 spiro atoms. The molecule has 5 heteroatoms. The number of carbonyl (C=O) groups is 2. The van der Waals surface area contributed by atoms with Crippen molar-refractivity contribution in [3.8, 4) is 0 Å². The lowest BCUT2D eigenvalue weighted by atomic mass is 9.76. The molecule has 2 rings (SSSR count). The van der Waals surface area contributed by atoms with Crippen molar-refractivity contribution in [2.75, 3.05) is 32.7 Å². The van der Waals surface area contributed by atoms with Crippen molar-refractivity contribution in [1.82, 2.24) is 9.80 Å². The Hall–Kier alpha value is -1.10. The zero-order valence-corrected chi connectivity index (χ0v) is 11.2. The van der Waals surface area contributed by atoms with Crippen molar-refractivity contribution in [3.63, 3.8) is 0 Å². The zero-order valence-electron chi connectivity index (χ0n) is 11.2. The summed E-state index contributed by atoms with van der Waals surface area (Å²) in [7, 11) is 0. The monoisotopic (exact) mass is 254 g/mol. The molecule has 18 heavy (non-hydrogen) atoms. The van der Waals surface area contributed by atoms with E-state index in [2.05, 4.69) is 0 Å². The van der Waals surface area contributed by atoms with E-state index in [0.29, 0.717) is 26.1 Å². The lowest BCUT2D eigenvalue weighted by molar-refractivity contribution is -0.151. The third kappa shape index (κ3) is 2.23. The number of carboxylic acids is 1. The van der Waals surface area contributed by atoms with E-state index < -0.39 is 11.4 Å². The topological polar surface area (TPSA) is 60.9 Å². The number of amides is 1. The Balaban J connectivity index is 1.94. The number of carbonyl (C=O) groups excluding carboxylic acids is 1. The molecule has 1 amide bonds. The van der Waals surface area contributed by atoms with Gasteiger partial charge in [0.25, 0.3) is 0 Å². The van der Waals surface area contributed by atoms with Crippen LogP contribution in [0.5, 0.6) is 0 Å². The van der Waals surface area contributed by atoms with Crippen LogP contribution >= 0.6 is 0 Å². The highest BCUT2D eigenvalue weighted by atomic mass is 16.4. The molecule has 0 aromatic heterocycles. The molecule has 0 saturated carbocycles. The van der Waals surface area contributed by atoms with Gasteiger partial charge in [-0.1, -0.05) is 13.8 Å². The van der Waals surface area contributed by atoms with Gasteiger partial charge in [0.1, 0.15) is 0 Å². The van der Waals surface area contributed by atoms with Gasteiger partial charge in [0.15, 0.2) is 0 Å². The highest BCUT2D eigenvalue weighted by molar-refractivity contribution is 5.80. The third-order valence-electron chi connectivity index (χ3n) is 4.48. The fourth-order valence-electron chi connectivity index (χ4n) is 2.80. The Morgan fingerprint density at radius 2 is 1.94 bits per heavy atom. The highest BCUT2D eigenvalue weighted by Gasteiger charge is 2.47. The maximum absolute atomic E-state index is 11.9. The zero-order chi connectivity index (χ0) is 13.3. The van der Waals surface area contributed by atoms with Crippen LogP contribution in [0.3, 0.4) is 0 Å². The molecular formula is C13H22N2O3. The number of hydrogen-bond acceptors (Lipinski definition) is 3. The van der Waals surface area contributed by atoms with Crippen molar-refractivity contribution in [2.45, 2.75) is 26.7 Å². The Labute approximate surface area is 108 Å². The number of carboxylic acid groups (broad SMARTS) is 1. The van der Waals surface area contributed by atoms with E-state index >= 15 is 0 Å². The molecule has 0 aliphatic carbocycles. The lowest BCUT2D eigenvalue weighted by Crippen LogP contribution is -2.47. The van der Waals surface area contributed by atoms with Gasteiger partial charge in [-0.3, -0.25) is 14.5 Å². The van der Waals surface area contributed by atoms with E-state index in [1.807, 2.05) is 23.6 Å². The predicted molar refractivity (Wildman–Crippen MR) is 67.2 cm³/mol. The molecule has 0 radical (unpaired) electrons.